The minimum atomic E-state index is -1.52. The van der Waals surface area contributed by atoms with Gasteiger partial charge < -0.3 is 60.2 Å². The molecule has 38 heavy (non-hydrogen) atoms. The smallest absolute Gasteiger partial charge is 0.222 e. The second-order valence-electron chi connectivity index (χ2n) is 9.36. The Bertz CT molecular complexity index is 847. The molecule has 218 valence electrons. The standard InChI is InChI=1S/C23H38N2O12S/c1-24-15(30)4-2-5-16(31)25-6-3-7-34-22-21-20(18(33)14(10-27)35-22)37-23(11-38-21)8-12(28)17(32)19(36-23)13(29)9-26/h12-14,17-19,22,26-29,32-33H,2-11H2,1H3,(H,24,30)(H,25,31)/t12?,13-,14?,17?,18?,19-,22?,23+/m1/s1. The summed E-state index contributed by atoms with van der Waals surface area (Å²) in [6.07, 6.45) is -7.79. The molecular formula is C23H38N2O12S. The molecule has 8 atom stereocenters. The van der Waals surface area contributed by atoms with Crippen LogP contribution >= 0.6 is 11.8 Å². The fraction of sp³-hybridized carbons (Fsp3) is 0.826. The third kappa shape index (κ3) is 7.56. The SMILES string of the molecule is CNC(=O)CCCC(=O)NCCCOC1OC(CO)C(O)C2=C1SC[C@]1(CC(O)C(O)[C@@H]([C@H](O)CO)O1)O2. The van der Waals surface area contributed by atoms with E-state index in [-0.39, 0.29) is 49.2 Å². The summed E-state index contributed by atoms with van der Waals surface area (Å²) in [5.41, 5.74) is 0. The molecule has 5 unspecified atom stereocenters. The van der Waals surface area contributed by atoms with Crippen LogP contribution in [0, 0.1) is 0 Å². The van der Waals surface area contributed by atoms with Crippen LogP contribution in [0.4, 0.5) is 0 Å². The van der Waals surface area contributed by atoms with E-state index in [2.05, 4.69) is 10.6 Å². The fourth-order valence-corrected chi connectivity index (χ4v) is 5.54. The number of ether oxygens (including phenoxy) is 4. The van der Waals surface area contributed by atoms with Gasteiger partial charge in [0.2, 0.25) is 17.6 Å². The van der Waals surface area contributed by atoms with E-state index in [1.54, 1.807) is 0 Å². The molecule has 0 bridgehead atoms. The summed E-state index contributed by atoms with van der Waals surface area (Å²) in [7, 11) is 1.54. The second kappa shape index (κ2) is 14.2. The quantitative estimate of drug-likeness (QED) is 0.111. The summed E-state index contributed by atoms with van der Waals surface area (Å²) in [5.74, 6) is -1.70. The van der Waals surface area contributed by atoms with Crippen molar-refractivity contribution < 1.29 is 59.2 Å². The Hall–Kier alpha value is -1.53. The molecular weight excluding hydrogens is 528 g/mol. The van der Waals surface area contributed by atoms with Gasteiger partial charge in [-0.2, -0.15) is 0 Å². The van der Waals surface area contributed by atoms with E-state index < -0.39 is 61.9 Å². The Labute approximate surface area is 224 Å². The van der Waals surface area contributed by atoms with Crippen molar-refractivity contribution in [2.75, 3.05) is 39.2 Å². The van der Waals surface area contributed by atoms with E-state index >= 15 is 0 Å². The maximum Gasteiger partial charge on any atom is 0.222 e. The molecule has 0 aromatic carbocycles. The Morgan fingerprint density at radius 3 is 2.61 bits per heavy atom. The van der Waals surface area contributed by atoms with Crippen molar-refractivity contribution in [3.8, 4) is 0 Å². The lowest BCUT2D eigenvalue weighted by molar-refractivity contribution is -0.320. The highest BCUT2D eigenvalue weighted by Gasteiger charge is 2.55. The van der Waals surface area contributed by atoms with Crippen LogP contribution < -0.4 is 10.6 Å². The number of aliphatic hydroxyl groups is 6. The van der Waals surface area contributed by atoms with Crippen molar-refractivity contribution in [1.82, 2.24) is 10.6 Å². The first kappa shape index (κ1) is 31.0. The van der Waals surface area contributed by atoms with Gasteiger partial charge in [-0.25, -0.2) is 0 Å². The zero-order valence-corrected chi connectivity index (χ0v) is 22.0. The first-order valence-corrected chi connectivity index (χ1v) is 13.5. The predicted octanol–water partition coefficient (Wildman–Crippen LogP) is -2.96. The minimum absolute atomic E-state index is 0.0294. The lowest BCUT2D eigenvalue weighted by atomic mass is 9.93. The van der Waals surface area contributed by atoms with Crippen molar-refractivity contribution in [3.63, 3.8) is 0 Å². The Balaban J connectivity index is 1.58. The third-order valence-electron chi connectivity index (χ3n) is 6.47. The van der Waals surface area contributed by atoms with Gasteiger partial charge in [0.1, 0.15) is 36.3 Å². The number of carbonyl (C=O) groups is 2. The van der Waals surface area contributed by atoms with Crippen molar-refractivity contribution in [1.29, 1.82) is 0 Å². The number of thioether (sulfide) groups is 1. The summed E-state index contributed by atoms with van der Waals surface area (Å²) >= 11 is 1.18. The minimum Gasteiger partial charge on any atom is -0.462 e. The van der Waals surface area contributed by atoms with Crippen LogP contribution in [-0.4, -0.2) is 130 Å². The first-order valence-electron chi connectivity index (χ1n) is 12.6. The molecule has 1 spiro atoms. The molecule has 1 fully saturated rings. The summed E-state index contributed by atoms with van der Waals surface area (Å²) in [6.45, 7) is -0.745. The molecule has 0 aromatic heterocycles. The van der Waals surface area contributed by atoms with Crippen LogP contribution in [-0.2, 0) is 28.5 Å². The van der Waals surface area contributed by atoms with Crippen molar-refractivity contribution in [2.45, 2.75) is 80.8 Å². The average Bonchev–Trinajstić information content (AvgIpc) is 2.91. The summed E-state index contributed by atoms with van der Waals surface area (Å²) < 4.78 is 23.4. The third-order valence-corrected chi connectivity index (χ3v) is 7.76. The number of aliphatic hydroxyl groups excluding tert-OH is 6. The van der Waals surface area contributed by atoms with Gasteiger partial charge in [-0.05, 0) is 12.8 Å². The molecule has 14 nitrogen and oxygen atoms in total. The Kier molecular flexibility index (Phi) is 11.6. The van der Waals surface area contributed by atoms with E-state index in [9.17, 15) is 40.2 Å². The van der Waals surface area contributed by atoms with Crippen LogP contribution in [0.1, 0.15) is 32.1 Å². The van der Waals surface area contributed by atoms with Crippen LogP contribution in [0.2, 0.25) is 0 Å². The van der Waals surface area contributed by atoms with E-state index in [0.717, 1.165) is 0 Å². The largest absolute Gasteiger partial charge is 0.462 e. The van der Waals surface area contributed by atoms with Crippen LogP contribution in [0.3, 0.4) is 0 Å². The maximum absolute atomic E-state index is 11.9. The van der Waals surface area contributed by atoms with Gasteiger partial charge in [0.05, 0.1) is 36.6 Å². The van der Waals surface area contributed by atoms with Crippen LogP contribution in [0.25, 0.3) is 0 Å². The van der Waals surface area contributed by atoms with Gasteiger partial charge in [-0.3, -0.25) is 9.59 Å². The zero-order chi connectivity index (χ0) is 27.9. The molecule has 3 heterocycles. The normalized spacial score (nSPS) is 33.9. The van der Waals surface area contributed by atoms with E-state index in [0.29, 0.717) is 24.3 Å². The molecule has 0 radical (unpaired) electrons. The molecule has 15 heteroatoms. The number of rotatable bonds is 12. The zero-order valence-electron chi connectivity index (χ0n) is 21.2. The Morgan fingerprint density at radius 1 is 1.18 bits per heavy atom. The topological polar surface area (TPSA) is 216 Å². The molecule has 0 saturated carbocycles. The summed E-state index contributed by atoms with van der Waals surface area (Å²) in [5, 5.41) is 65.7. The lowest BCUT2D eigenvalue weighted by Crippen LogP contribution is -2.62. The fourth-order valence-electron chi connectivity index (χ4n) is 4.36. The van der Waals surface area contributed by atoms with Gasteiger partial charge in [0.15, 0.2) is 6.29 Å². The van der Waals surface area contributed by atoms with Gasteiger partial charge in [0.25, 0.3) is 0 Å². The molecule has 2 amide bonds. The van der Waals surface area contributed by atoms with Crippen LogP contribution in [0.5, 0.6) is 0 Å². The second-order valence-corrected chi connectivity index (χ2v) is 10.4. The molecule has 3 rings (SSSR count). The van der Waals surface area contributed by atoms with E-state index in [1.165, 1.54) is 18.8 Å². The predicted molar refractivity (Wildman–Crippen MR) is 131 cm³/mol. The molecule has 3 aliphatic heterocycles. The summed E-state index contributed by atoms with van der Waals surface area (Å²) in [6, 6.07) is 0. The highest BCUT2D eigenvalue weighted by molar-refractivity contribution is 8.03. The molecule has 1 saturated heterocycles. The van der Waals surface area contributed by atoms with Crippen LogP contribution in [0.15, 0.2) is 10.7 Å². The van der Waals surface area contributed by atoms with Crippen molar-refractivity contribution in [3.05, 3.63) is 10.7 Å². The summed E-state index contributed by atoms with van der Waals surface area (Å²) in [4.78, 5) is 23.5. The molecule has 0 aromatic rings. The number of nitrogens with one attached hydrogen (secondary N) is 2. The number of amides is 2. The monoisotopic (exact) mass is 566 g/mol. The first-order chi connectivity index (χ1) is 18.1. The number of hydrogen-bond acceptors (Lipinski definition) is 13. The molecule has 8 N–H and O–H groups in total. The van der Waals surface area contributed by atoms with Gasteiger partial charge in [-0.1, -0.05) is 0 Å². The Morgan fingerprint density at radius 2 is 1.92 bits per heavy atom. The van der Waals surface area contributed by atoms with Crippen molar-refractivity contribution in [2.24, 2.45) is 0 Å². The highest BCUT2D eigenvalue weighted by atomic mass is 32.2. The number of carbonyl (C=O) groups excluding carboxylic acids is 2. The highest BCUT2D eigenvalue weighted by Crippen LogP contribution is 2.47. The van der Waals surface area contributed by atoms with Gasteiger partial charge in [0, 0.05) is 32.9 Å². The van der Waals surface area contributed by atoms with E-state index in [1.807, 2.05) is 0 Å². The maximum atomic E-state index is 11.9. The average molecular weight is 567 g/mol. The van der Waals surface area contributed by atoms with Gasteiger partial charge in [-0.15, -0.1) is 11.8 Å². The van der Waals surface area contributed by atoms with E-state index in [4.69, 9.17) is 18.9 Å². The molecule has 3 aliphatic rings. The molecule has 0 aliphatic carbocycles. The lowest BCUT2D eigenvalue weighted by Gasteiger charge is -2.50. The van der Waals surface area contributed by atoms with Crippen molar-refractivity contribution >= 4 is 23.6 Å². The number of hydrogen-bond donors (Lipinski definition) is 8. The van der Waals surface area contributed by atoms with Gasteiger partial charge >= 0.3 is 0 Å².